The molecule has 0 spiro atoms. The Morgan fingerprint density at radius 1 is 0.917 bits per heavy atom. The fourth-order valence-electron chi connectivity index (χ4n) is 4.21. The molecule has 1 atom stereocenters. The summed E-state index contributed by atoms with van der Waals surface area (Å²) in [6.07, 6.45) is 2.92. The van der Waals surface area contributed by atoms with E-state index in [-0.39, 0.29) is 0 Å². The Bertz CT molecular complexity index is 1290. The number of hydrogen-bond donors (Lipinski definition) is 4. The number of benzene rings is 3. The molecule has 0 aromatic heterocycles. The summed E-state index contributed by atoms with van der Waals surface area (Å²) in [4.78, 5) is 24.1. The standard InChI is InChI=1S/C29H29N3O4/c1-19(20-5-3-2-4-6-20)36-28(35)32-26(18-31)25(17-30)23-9-7-21(8-10-23)22-11-13-24(14-12-22)29(15-16-29)27(33)34/h2-14,17-19H,15-16,30-31H2,1H3,(H,32,35)(H,33,34)/b25-17-,26-18+. The van der Waals surface area contributed by atoms with E-state index in [0.717, 1.165) is 27.8 Å². The molecular formula is C29H29N3O4. The van der Waals surface area contributed by atoms with Crippen LogP contribution in [0.15, 0.2) is 97.0 Å². The summed E-state index contributed by atoms with van der Waals surface area (Å²) in [7, 11) is 0. The number of hydrogen-bond acceptors (Lipinski definition) is 5. The van der Waals surface area contributed by atoms with Crippen molar-refractivity contribution in [2.75, 3.05) is 0 Å². The number of amides is 1. The SMILES string of the molecule is CC(OC(=O)NC(=C/N)/C(=C\N)c1ccc(-c2ccc(C3(C(=O)O)CC3)cc2)cc1)c1ccccc1. The van der Waals surface area contributed by atoms with Crippen molar-refractivity contribution in [1.82, 2.24) is 5.32 Å². The molecule has 1 unspecified atom stereocenters. The summed E-state index contributed by atoms with van der Waals surface area (Å²) in [5, 5.41) is 12.2. The van der Waals surface area contributed by atoms with Crippen LogP contribution in [0.2, 0.25) is 0 Å². The predicted octanol–water partition coefficient (Wildman–Crippen LogP) is 5.06. The monoisotopic (exact) mass is 483 g/mol. The molecule has 36 heavy (non-hydrogen) atoms. The zero-order valence-corrected chi connectivity index (χ0v) is 20.0. The van der Waals surface area contributed by atoms with E-state index in [1.165, 1.54) is 12.4 Å². The number of nitrogens with two attached hydrogens (primary N) is 2. The van der Waals surface area contributed by atoms with Crippen LogP contribution in [0, 0.1) is 0 Å². The van der Waals surface area contributed by atoms with Gasteiger partial charge in [-0.3, -0.25) is 10.1 Å². The van der Waals surface area contributed by atoms with Gasteiger partial charge < -0.3 is 21.3 Å². The Hall–Kier alpha value is -4.52. The van der Waals surface area contributed by atoms with E-state index in [1.807, 2.05) is 78.9 Å². The molecule has 0 aliphatic heterocycles. The maximum Gasteiger partial charge on any atom is 0.412 e. The summed E-state index contributed by atoms with van der Waals surface area (Å²) >= 11 is 0. The highest BCUT2D eigenvalue weighted by Gasteiger charge is 2.51. The van der Waals surface area contributed by atoms with E-state index < -0.39 is 23.6 Å². The second-order valence-electron chi connectivity index (χ2n) is 8.79. The lowest BCUT2D eigenvalue weighted by Crippen LogP contribution is -2.26. The molecule has 3 aromatic rings. The number of carboxylic acids is 1. The van der Waals surface area contributed by atoms with E-state index >= 15 is 0 Å². The van der Waals surface area contributed by atoms with Crippen LogP contribution >= 0.6 is 0 Å². The number of alkyl carbamates (subject to hydrolysis) is 1. The van der Waals surface area contributed by atoms with Crippen molar-refractivity contribution in [1.29, 1.82) is 0 Å². The maximum atomic E-state index is 12.5. The molecule has 6 N–H and O–H groups in total. The molecule has 0 saturated heterocycles. The van der Waals surface area contributed by atoms with Crippen LogP contribution in [0.1, 0.15) is 42.6 Å². The van der Waals surface area contributed by atoms with E-state index in [2.05, 4.69) is 5.32 Å². The van der Waals surface area contributed by atoms with Crippen molar-refractivity contribution >= 4 is 17.6 Å². The van der Waals surface area contributed by atoms with E-state index in [4.69, 9.17) is 16.2 Å². The van der Waals surface area contributed by atoms with E-state index in [9.17, 15) is 14.7 Å². The van der Waals surface area contributed by atoms with Gasteiger partial charge in [0.1, 0.15) is 6.10 Å². The molecule has 3 aromatic carbocycles. The highest BCUT2D eigenvalue weighted by atomic mass is 16.6. The Morgan fingerprint density at radius 2 is 1.50 bits per heavy atom. The van der Waals surface area contributed by atoms with Crippen LogP contribution in [0.3, 0.4) is 0 Å². The number of carbonyl (C=O) groups excluding carboxylic acids is 1. The summed E-state index contributed by atoms with van der Waals surface area (Å²) in [6.45, 7) is 1.79. The molecular weight excluding hydrogens is 454 g/mol. The molecule has 0 radical (unpaired) electrons. The molecule has 1 fully saturated rings. The van der Waals surface area contributed by atoms with Crippen LogP contribution < -0.4 is 16.8 Å². The van der Waals surface area contributed by atoms with Gasteiger partial charge in [0.2, 0.25) is 0 Å². The summed E-state index contributed by atoms with van der Waals surface area (Å²) in [5.41, 5.74) is 16.2. The number of allylic oxidation sites excluding steroid dienone is 1. The van der Waals surface area contributed by atoms with Crippen LogP contribution in [-0.4, -0.2) is 17.2 Å². The zero-order valence-electron chi connectivity index (χ0n) is 20.0. The molecule has 1 saturated carbocycles. The minimum atomic E-state index is -0.767. The highest BCUT2D eigenvalue weighted by Crippen LogP contribution is 2.48. The summed E-state index contributed by atoms with van der Waals surface area (Å²) in [5.74, 6) is -0.767. The fourth-order valence-corrected chi connectivity index (χ4v) is 4.21. The summed E-state index contributed by atoms with van der Waals surface area (Å²) in [6, 6.07) is 24.7. The van der Waals surface area contributed by atoms with Crippen LogP contribution in [0.4, 0.5) is 4.79 Å². The first-order valence-corrected chi connectivity index (χ1v) is 11.7. The largest absolute Gasteiger partial charge is 0.481 e. The van der Waals surface area contributed by atoms with Crippen molar-refractivity contribution in [3.05, 3.63) is 114 Å². The molecule has 0 bridgehead atoms. The average Bonchev–Trinajstić information content (AvgIpc) is 3.72. The lowest BCUT2D eigenvalue weighted by atomic mass is 9.93. The van der Waals surface area contributed by atoms with Gasteiger partial charge in [0.25, 0.3) is 0 Å². The molecule has 1 aliphatic rings. The van der Waals surface area contributed by atoms with Gasteiger partial charge in [0.15, 0.2) is 0 Å². The lowest BCUT2D eigenvalue weighted by molar-refractivity contribution is -0.140. The van der Waals surface area contributed by atoms with Gasteiger partial charge in [0.05, 0.1) is 11.1 Å². The smallest absolute Gasteiger partial charge is 0.412 e. The van der Waals surface area contributed by atoms with Gasteiger partial charge in [-0.25, -0.2) is 4.79 Å². The van der Waals surface area contributed by atoms with Gasteiger partial charge >= 0.3 is 12.1 Å². The number of ether oxygens (including phenoxy) is 1. The third-order valence-electron chi connectivity index (χ3n) is 6.54. The number of nitrogens with one attached hydrogen (secondary N) is 1. The molecule has 1 aliphatic carbocycles. The molecule has 1 amide bonds. The number of carbonyl (C=O) groups is 2. The predicted molar refractivity (Wildman–Crippen MR) is 139 cm³/mol. The summed E-state index contributed by atoms with van der Waals surface area (Å²) < 4.78 is 5.48. The van der Waals surface area contributed by atoms with Crippen molar-refractivity contribution in [2.45, 2.75) is 31.3 Å². The van der Waals surface area contributed by atoms with E-state index in [1.54, 1.807) is 6.92 Å². The minimum Gasteiger partial charge on any atom is -0.481 e. The van der Waals surface area contributed by atoms with Crippen molar-refractivity contribution in [2.24, 2.45) is 11.5 Å². The molecule has 0 heterocycles. The van der Waals surface area contributed by atoms with Crippen LogP contribution in [0.25, 0.3) is 16.7 Å². The van der Waals surface area contributed by atoms with Gasteiger partial charge in [-0.15, -0.1) is 0 Å². The van der Waals surface area contributed by atoms with Gasteiger partial charge in [-0.05, 0) is 47.6 Å². The van der Waals surface area contributed by atoms with Gasteiger partial charge in [-0.2, -0.15) is 0 Å². The van der Waals surface area contributed by atoms with E-state index in [0.29, 0.717) is 24.1 Å². The van der Waals surface area contributed by atoms with Crippen LogP contribution in [-0.2, 0) is 14.9 Å². The van der Waals surface area contributed by atoms with Crippen molar-refractivity contribution < 1.29 is 19.4 Å². The fraction of sp³-hybridized carbons (Fsp3) is 0.172. The second kappa shape index (κ2) is 10.4. The highest BCUT2D eigenvalue weighted by molar-refractivity contribution is 5.86. The molecule has 7 heteroatoms. The van der Waals surface area contributed by atoms with Crippen molar-refractivity contribution in [3.8, 4) is 11.1 Å². The Kier molecular flexibility index (Phi) is 7.10. The molecule has 4 rings (SSSR count). The quantitative estimate of drug-likeness (QED) is 0.332. The average molecular weight is 484 g/mol. The molecule has 184 valence electrons. The maximum absolute atomic E-state index is 12.5. The van der Waals surface area contributed by atoms with Crippen molar-refractivity contribution in [3.63, 3.8) is 0 Å². The molecule has 7 nitrogen and oxygen atoms in total. The first kappa shape index (κ1) is 24.6. The third-order valence-corrected chi connectivity index (χ3v) is 6.54. The van der Waals surface area contributed by atoms with Gasteiger partial charge in [-0.1, -0.05) is 78.9 Å². The minimum absolute atomic E-state index is 0.322. The first-order chi connectivity index (χ1) is 17.4. The normalized spacial score (nSPS) is 15.6. The number of rotatable bonds is 8. The topological polar surface area (TPSA) is 128 Å². The number of carboxylic acid groups (broad SMARTS) is 1. The van der Waals surface area contributed by atoms with Gasteiger partial charge in [0, 0.05) is 18.0 Å². The Labute approximate surface area is 210 Å². The first-order valence-electron chi connectivity index (χ1n) is 11.7. The third kappa shape index (κ3) is 5.10. The zero-order chi connectivity index (χ0) is 25.7. The number of aliphatic carboxylic acids is 1. The Morgan fingerprint density at radius 3 is 2.00 bits per heavy atom. The van der Waals surface area contributed by atoms with Crippen LogP contribution in [0.5, 0.6) is 0 Å². The Balaban J connectivity index is 1.44. The second-order valence-corrected chi connectivity index (χ2v) is 8.79. The lowest BCUT2D eigenvalue weighted by Gasteiger charge is -2.17.